The smallest absolute Gasteiger partial charge is 0.321 e. The molecule has 0 bridgehead atoms. The molecule has 0 atom stereocenters. The molecule has 1 heterocycles. The van der Waals surface area contributed by atoms with Gasteiger partial charge in [0.2, 0.25) is 0 Å². The maximum atomic E-state index is 12.3. The van der Waals surface area contributed by atoms with Crippen LogP contribution < -0.4 is 5.32 Å². The van der Waals surface area contributed by atoms with Crippen molar-refractivity contribution in [3.63, 3.8) is 0 Å². The molecular formula is C16H21N3O5. The predicted octanol–water partition coefficient (Wildman–Crippen LogP) is 0.509. The van der Waals surface area contributed by atoms with Crippen LogP contribution in [0.3, 0.4) is 0 Å². The lowest BCUT2D eigenvalue weighted by Gasteiger charge is -2.21. The van der Waals surface area contributed by atoms with Gasteiger partial charge in [0.15, 0.2) is 0 Å². The van der Waals surface area contributed by atoms with Crippen LogP contribution in [0.2, 0.25) is 0 Å². The van der Waals surface area contributed by atoms with Crippen molar-refractivity contribution in [3.05, 3.63) is 29.3 Å². The minimum absolute atomic E-state index is 0.0792. The van der Waals surface area contributed by atoms with Gasteiger partial charge in [-0.15, -0.1) is 0 Å². The Morgan fingerprint density at radius 3 is 2.25 bits per heavy atom. The number of amides is 4. The van der Waals surface area contributed by atoms with Crippen molar-refractivity contribution < 1.29 is 24.6 Å². The largest absolute Gasteiger partial charge is 0.395 e. The minimum atomic E-state index is -0.504. The van der Waals surface area contributed by atoms with E-state index in [0.29, 0.717) is 11.3 Å². The normalized spacial score (nSPS) is 13.5. The number of aliphatic hydroxyl groups is 2. The zero-order chi connectivity index (χ0) is 17.9. The maximum Gasteiger partial charge on any atom is 0.321 e. The highest BCUT2D eigenvalue weighted by atomic mass is 16.3. The molecule has 2 rings (SSSR count). The number of imide groups is 1. The van der Waals surface area contributed by atoms with Crippen molar-refractivity contribution >= 4 is 23.5 Å². The number of nitrogens with zero attached hydrogens (tertiary/aromatic N) is 2. The first-order valence-corrected chi connectivity index (χ1v) is 7.70. The molecule has 4 amide bonds. The highest BCUT2D eigenvalue weighted by Gasteiger charge is 2.37. The second-order valence-electron chi connectivity index (χ2n) is 5.70. The number of carbonyl (C=O) groups is 3. The van der Waals surface area contributed by atoms with E-state index in [0.717, 1.165) is 0 Å². The summed E-state index contributed by atoms with van der Waals surface area (Å²) in [4.78, 5) is 39.1. The van der Waals surface area contributed by atoms with Crippen LogP contribution >= 0.6 is 0 Å². The van der Waals surface area contributed by atoms with Crippen LogP contribution in [-0.4, -0.2) is 70.2 Å². The van der Waals surface area contributed by atoms with Crippen molar-refractivity contribution in [1.29, 1.82) is 0 Å². The molecule has 1 aliphatic heterocycles. The Morgan fingerprint density at radius 2 is 1.71 bits per heavy atom. The third-order valence-corrected chi connectivity index (χ3v) is 3.71. The van der Waals surface area contributed by atoms with Gasteiger partial charge in [-0.2, -0.15) is 0 Å². The summed E-state index contributed by atoms with van der Waals surface area (Å²) in [5, 5.41) is 20.5. The first-order valence-electron chi connectivity index (χ1n) is 7.70. The summed E-state index contributed by atoms with van der Waals surface area (Å²) in [7, 11) is 0. The molecule has 8 heteroatoms. The van der Waals surface area contributed by atoms with E-state index < -0.39 is 6.03 Å². The van der Waals surface area contributed by atoms with Crippen molar-refractivity contribution in [2.75, 3.05) is 31.6 Å². The second-order valence-corrected chi connectivity index (χ2v) is 5.70. The Morgan fingerprint density at radius 1 is 1.12 bits per heavy atom. The van der Waals surface area contributed by atoms with Crippen molar-refractivity contribution in [2.45, 2.75) is 19.9 Å². The number of fused-ring (bicyclic) bond motifs is 1. The third kappa shape index (κ3) is 3.39. The van der Waals surface area contributed by atoms with Gasteiger partial charge in [0.05, 0.1) is 24.3 Å². The summed E-state index contributed by atoms with van der Waals surface area (Å²) in [6.45, 7) is 3.21. The Labute approximate surface area is 139 Å². The van der Waals surface area contributed by atoms with Crippen LogP contribution in [-0.2, 0) is 0 Å². The Bertz CT molecular complexity index is 653. The van der Waals surface area contributed by atoms with Crippen LogP contribution in [0, 0.1) is 0 Å². The Kier molecular flexibility index (Phi) is 5.53. The summed E-state index contributed by atoms with van der Waals surface area (Å²) >= 11 is 0. The van der Waals surface area contributed by atoms with Gasteiger partial charge in [-0.3, -0.25) is 14.5 Å². The summed E-state index contributed by atoms with van der Waals surface area (Å²) in [5.74, 6) is -0.728. The van der Waals surface area contributed by atoms with E-state index in [-0.39, 0.29) is 49.7 Å². The number of hydrogen-bond donors (Lipinski definition) is 3. The summed E-state index contributed by atoms with van der Waals surface area (Å²) in [6, 6.07) is 3.76. The van der Waals surface area contributed by atoms with Crippen molar-refractivity contribution in [3.8, 4) is 0 Å². The molecule has 0 saturated heterocycles. The number of benzene rings is 1. The van der Waals surface area contributed by atoms with Crippen molar-refractivity contribution in [1.82, 2.24) is 9.80 Å². The van der Waals surface area contributed by atoms with Gasteiger partial charge in [0.1, 0.15) is 0 Å². The van der Waals surface area contributed by atoms with Crippen LogP contribution in [0.15, 0.2) is 18.2 Å². The molecular weight excluding hydrogens is 314 g/mol. The monoisotopic (exact) mass is 335 g/mol. The fourth-order valence-electron chi connectivity index (χ4n) is 2.57. The second kappa shape index (κ2) is 7.41. The van der Waals surface area contributed by atoms with Gasteiger partial charge in [-0.1, -0.05) is 0 Å². The van der Waals surface area contributed by atoms with Gasteiger partial charge in [-0.25, -0.2) is 4.79 Å². The van der Waals surface area contributed by atoms with E-state index in [1.807, 2.05) is 0 Å². The molecule has 1 aliphatic rings. The molecule has 0 fully saturated rings. The molecule has 0 saturated carbocycles. The highest BCUT2D eigenvalue weighted by molar-refractivity contribution is 6.22. The maximum absolute atomic E-state index is 12.3. The molecule has 0 spiro atoms. The molecule has 3 N–H and O–H groups in total. The van der Waals surface area contributed by atoms with Gasteiger partial charge in [-0.05, 0) is 32.0 Å². The first-order chi connectivity index (χ1) is 11.4. The summed E-state index contributed by atoms with van der Waals surface area (Å²) in [6.07, 6.45) is 0. The standard InChI is InChI=1S/C16H21N3O5/c1-10(2)19-14(22)12-4-3-11(9-13(12)15(19)23)17-16(24)18(5-7-20)6-8-21/h3-4,9-10,20-21H,5-8H2,1-2H3,(H,17,24). The number of anilines is 1. The lowest BCUT2D eigenvalue weighted by atomic mass is 10.1. The van der Waals surface area contributed by atoms with E-state index in [9.17, 15) is 14.4 Å². The summed E-state index contributed by atoms with van der Waals surface area (Å²) in [5.41, 5.74) is 0.933. The van der Waals surface area contributed by atoms with E-state index in [1.54, 1.807) is 19.9 Å². The molecule has 130 valence electrons. The van der Waals surface area contributed by atoms with E-state index in [2.05, 4.69) is 5.32 Å². The van der Waals surface area contributed by atoms with Gasteiger partial charge in [0, 0.05) is 24.8 Å². The van der Waals surface area contributed by atoms with Crippen LogP contribution in [0.1, 0.15) is 34.6 Å². The topological polar surface area (TPSA) is 110 Å². The number of nitrogens with one attached hydrogen (secondary N) is 1. The molecule has 0 aliphatic carbocycles. The summed E-state index contributed by atoms with van der Waals surface area (Å²) < 4.78 is 0. The molecule has 0 aromatic heterocycles. The fourth-order valence-corrected chi connectivity index (χ4v) is 2.57. The third-order valence-electron chi connectivity index (χ3n) is 3.71. The molecule has 0 unspecified atom stereocenters. The van der Waals surface area contributed by atoms with Crippen LogP contribution in [0.4, 0.5) is 10.5 Å². The number of rotatable bonds is 6. The van der Waals surface area contributed by atoms with Gasteiger partial charge < -0.3 is 20.4 Å². The van der Waals surface area contributed by atoms with Crippen LogP contribution in [0.5, 0.6) is 0 Å². The minimum Gasteiger partial charge on any atom is -0.395 e. The Balaban J connectivity index is 2.20. The SMILES string of the molecule is CC(C)N1C(=O)c2ccc(NC(=O)N(CCO)CCO)cc2C1=O. The van der Waals surface area contributed by atoms with Crippen molar-refractivity contribution in [2.24, 2.45) is 0 Å². The van der Waals surface area contributed by atoms with Gasteiger partial charge >= 0.3 is 6.03 Å². The van der Waals surface area contributed by atoms with E-state index in [1.165, 1.54) is 21.9 Å². The molecule has 1 aromatic rings. The first kappa shape index (κ1) is 17.9. The number of aliphatic hydroxyl groups excluding tert-OH is 2. The number of urea groups is 1. The van der Waals surface area contributed by atoms with E-state index >= 15 is 0 Å². The van der Waals surface area contributed by atoms with E-state index in [4.69, 9.17) is 10.2 Å². The van der Waals surface area contributed by atoms with Gasteiger partial charge in [0.25, 0.3) is 11.8 Å². The average molecular weight is 335 g/mol. The lowest BCUT2D eigenvalue weighted by Crippen LogP contribution is -2.39. The average Bonchev–Trinajstić information content (AvgIpc) is 2.78. The molecule has 24 heavy (non-hydrogen) atoms. The lowest BCUT2D eigenvalue weighted by molar-refractivity contribution is 0.0609. The molecule has 8 nitrogen and oxygen atoms in total. The fraction of sp³-hybridized carbons (Fsp3) is 0.438. The zero-order valence-electron chi connectivity index (χ0n) is 13.7. The Hall–Kier alpha value is -2.45. The zero-order valence-corrected chi connectivity index (χ0v) is 13.7. The highest BCUT2D eigenvalue weighted by Crippen LogP contribution is 2.27. The number of carbonyl (C=O) groups excluding carboxylic acids is 3. The quantitative estimate of drug-likeness (QED) is 0.656. The molecule has 1 aromatic carbocycles. The number of hydrogen-bond acceptors (Lipinski definition) is 5. The molecule has 0 radical (unpaired) electrons. The predicted molar refractivity (Wildman–Crippen MR) is 86.8 cm³/mol. The van der Waals surface area contributed by atoms with Crippen LogP contribution in [0.25, 0.3) is 0 Å².